The maximum Gasteiger partial charge on any atom is 0.274 e. The predicted octanol–water partition coefficient (Wildman–Crippen LogP) is 6.02. The number of fused-ring (bicyclic) bond motifs is 2. The quantitative estimate of drug-likeness (QED) is 0.370. The van der Waals surface area contributed by atoms with E-state index >= 15 is 0 Å². The van der Waals surface area contributed by atoms with Gasteiger partial charge in [-0.2, -0.15) is 0 Å². The minimum atomic E-state index is -0.794. The van der Waals surface area contributed by atoms with E-state index in [1.807, 2.05) is 80.6 Å². The van der Waals surface area contributed by atoms with Crippen molar-refractivity contribution in [3.05, 3.63) is 82.9 Å². The van der Waals surface area contributed by atoms with E-state index < -0.39 is 12.2 Å². The second-order valence-electron chi connectivity index (χ2n) is 7.76. The summed E-state index contributed by atoms with van der Waals surface area (Å²) in [5.74, 6) is 0.997. The topological polar surface area (TPSA) is 51.7 Å². The molecule has 0 radical (unpaired) electrons. The van der Waals surface area contributed by atoms with Gasteiger partial charge < -0.3 is 9.47 Å². The van der Waals surface area contributed by atoms with E-state index in [0.717, 1.165) is 21.3 Å². The molecular weight excluding hydrogens is 444 g/mol. The largest absolute Gasteiger partial charge is 0.482 e. The fourth-order valence-corrected chi connectivity index (χ4v) is 5.08. The van der Waals surface area contributed by atoms with Crippen LogP contribution in [0.5, 0.6) is 11.5 Å². The van der Waals surface area contributed by atoms with Gasteiger partial charge in [-0.25, -0.2) is 4.98 Å². The number of carbonyl (C=O) groups excluding carboxylic acids is 1. The lowest BCUT2D eigenvalue weighted by molar-refractivity contribution is -0.130. The van der Waals surface area contributed by atoms with Crippen LogP contribution in [0.15, 0.2) is 66.7 Å². The maximum absolute atomic E-state index is 13.8. The zero-order valence-corrected chi connectivity index (χ0v) is 19.2. The van der Waals surface area contributed by atoms with Crippen LogP contribution in [0, 0.1) is 6.92 Å². The Labute approximate surface area is 195 Å². The summed E-state index contributed by atoms with van der Waals surface area (Å²) in [5.41, 5.74) is 2.81. The van der Waals surface area contributed by atoms with Crippen molar-refractivity contribution in [1.29, 1.82) is 0 Å². The molecule has 1 aliphatic rings. The SMILES string of the molecule is Cc1ccc(Cl)c2sc(N(Cc3ccccc3)C(=O)C3Oc4ccccc4OC3C)nc12. The fraction of sp³-hybridized carbons (Fsp3) is 0.200. The van der Waals surface area contributed by atoms with Crippen molar-refractivity contribution in [2.24, 2.45) is 0 Å². The first-order valence-corrected chi connectivity index (χ1v) is 11.5. The molecule has 5 nitrogen and oxygen atoms in total. The summed E-state index contributed by atoms with van der Waals surface area (Å²) in [6.07, 6.45) is -1.24. The molecule has 4 aromatic rings. The third-order valence-electron chi connectivity index (χ3n) is 5.45. The van der Waals surface area contributed by atoms with Crippen LogP contribution < -0.4 is 14.4 Å². The number of hydrogen-bond donors (Lipinski definition) is 0. The molecule has 0 saturated carbocycles. The molecule has 162 valence electrons. The lowest BCUT2D eigenvalue weighted by Gasteiger charge is -2.33. The number of halogens is 1. The highest BCUT2D eigenvalue weighted by atomic mass is 35.5. The summed E-state index contributed by atoms with van der Waals surface area (Å²) in [6, 6.07) is 21.0. The summed E-state index contributed by atoms with van der Waals surface area (Å²) in [4.78, 5) is 20.3. The zero-order valence-electron chi connectivity index (χ0n) is 17.6. The summed E-state index contributed by atoms with van der Waals surface area (Å²) in [5, 5.41) is 1.21. The summed E-state index contributed by atoms with van der Waals surface area (Å²) in [6.45, 7) is 4.20. The number of anilines is 1. The smallest absolute Gasteiger partial charge is 0.274 e. The highest BCUT2D eigenvalue weighted by Gasteiger charge is 2.38. The molecular formula is C25H21ClN2O3S. The van der Waals surface area contributed by atoms with E-state index in [2.05, 4.69) is 0 Å². The number of amides is 1. The molecule has 5 rings (SSSR count). The number of nitrogens with zero attached hydrogens (tertiary/aromatic N) is 2. The number of thiazole rings is 1. The number of rotatable bonds is 4. The van der Waals surface area contributed by atoms with E-state index in [4.69, 9.17) is 26.1 Å². The van der Waals surface area contributed by atoms with Gasteiger partial charge in [0.15, 0.2) is 16.6 Å². The van der Waals surface area contributed by atoms with E-state index in [1.54, 1.807) is 4.90 Å². The highest BCUT2D eigenvalue weighted by molar-refractivity contribution is 7.23. The fourth-order valence-electron chi connectivity index (χ4n) is 3.76. The predicted molar refractivity (Wildman–Crippen MR) is 128 cm³/mol. The molecule has 0 saturated heterocycles. The molecule has 0 spiro atoms. The molecule has 1 aromatic heterocycles. The van der Waals surface area contributed by atoms with Crippen LogP contribution in [0.25, 0.3) is 10.2 Å². The molecule has 0 N–H and O–H groups in total. The van der Waals surface area contributed by atoms with Crippen molar-refractivity contribution < 1.29 is 14.3 Å². The Bertz CT molecular complexity index is 1250. The van der Waals surface area contributed by atoms with Gasteiger partial charge >= 0.3 is 0 Å². The molecule has 32 heavy (non-hydrogen) atoms. The monoisotopic (exact) mass is 464 g/mol. The van der Waals surface area contributed by atoms with E-state index in [-0.39, 0.29) is 5.91 Å². The van der Waals surface area contributed by atoms with Crippen LogP contribution in [0.1, 0.15) is 18.1 Å². The summed E-state index contributed by atoms with van der Waals surface area (Å²) < 4.78 is 13.0. The van der Waals surface area contributed by atoms with Gasteiger partial charge in [0, 0.05) is 0 Å². The number of para-hydroxylation sites is 2. The number of benzene rings is 3. The van der Waals surface area contributed by atoms with Crippen LogP contribution >= 0.6 is 22.9 Å². The molecule has 1 amide bonds. The van der Waals surface area contributed by atoms with Gasteiger partial charge in [0.25, 0.3) is 5.91 Å². The third kappa shape index (κ3) is 3.80. The van der Waals surface area contributed by atoms with Crippen LogP contribution in [-0.2, 0) is 11.3 Å². The average Bonchev–Trinajstić information content (AvgIpc) is 3.26. The molecule has 2 heterocycles. The van der Waals surface area contributed by atoms with Crippen molar-refractivity contribution in [2.75, 3.05) is 4.90 Å². The van der Waals surface area contributed by atoms with Gasteiger partial charge in [-0.1, -0.05) is 71.5 Å². The van der Waals surface area contributed by atoms with Crippen molar-refractivity contribution in [3.8, 4) is 11.5 Å². The first-order valence-electron chi connectivity index (χ1n) is 10.3. The molecule has 0 bridgehead atoms. The van der Waals surface area contributed by atoms with Gasteiger partial charge in [0.05, 0.1) is 21.8 Å². The lowest BCUT2D eigenvalue weighted by atomic mass is 10.1. The van der Waals surface area contributed by atoms with E-state index in [9.17, 15) is 4.79 Å². The van der Waals surface area contributed by atoms with Crippen molar-refractivity contribution in [1.82, 2.24) is 4.98 Å². The normalized spacial score (nSPS) is 17.3. The van der Waals surface area contributed by atoms with Gasteiger partial charge in [-0.3, -0.25) is 9.69 Å². The molecule has 3 aromatic carbocycles. The number of hydrogen-bond acceptors (Lipinski definition) is 5. The van der Waals surface area contributed by atoms with Gasteiger partial charge in [0.2, 0.25) is 6.10 Å². The zero-order chi connectivity index (χ0) is 22.2. The molecule has 0 aliphatic carbocycles. The maximum atomic E-state index is 13.8. The minimum Gasteiger partial charge on any atom is -0.482 e. The average molecular weight is 465 g/mol. The standard InChI is InChI=1S/C25H21ClN2O3S/c1-15-12-13-18(26)23-21(15)27-25(32-23)28(14-17-8-4-3-5-9-17)24(29)22-16(2)30-19-10-6-7-11-20(19)31-22/h3-13,16,22H,14H2,1-2H3. The Balaban J connectivity index is 1.55. The molecule has 7 heteroatoms. The van der Waals surface area contributed by atoms with Crippen LogP contribution in [0.3, 0.4) is 0 Å². The van der Waals surface area contributed by atoms with Crippen molar-refractivity contribution >= 4 is 44.2 Å². The Kier molecular flexibility index (Phi) is 5.49. The van der Waals surface area contributed by atoms with Crippen LogP contribution in [-0.4, -0.2) is 23.1 Å². The third-order valence-corrected chi connectivity index (χ3v) is 6.99. The Morgan fingerprint density at radius 3 is 2.44 bits per heavy atom. The molecule has 2 atom stereocenters. The summed E-state index contributed by atoms with van der Waals surface area (Å²) >= 11 is 7.85. The number of aryl methyl sites for hydroxylation is 1. The van der Waals surface area contributed by atoms with Crippen LogP contribution in [0.2, 0.25) is 5.02 Å². The minimum absolute atomic E-state index is 0.205. The van der Waals surface area contributed by atoms with Gasteiger partial charge in [-0.15, -0.1) is 0 Å². The van der Waals surface area contributed by atoms with Crippen molar-refractivity contribution in [2.45, 2.75) is 32.6 Å². The van der Waals surface area contributed by atoms with E-state index in [1.165, 1.54) is 11.3 Å². The van der Waals surface area contributed by atoms with Gasteiger partial charge in [-0.05, 0) is 43.2 Å². The van der Waals surface area contributed by atoms with Crippen molar-refractivity contribution in [3.63, 3.8) is 0 Å². The highest BCUT2D eigenvalue weighted by Crippen LogP contribution is 2.38. The summed E-state index contributed by atoms with van der Waals surface area (Å²) in [7, 11) is 0. The number of carbonyl (C=O) groups is 1. The molecule has 2 unspecified atom stereocenters. The first-order chi connectivity index (χ1) is 15.5. The Morgan fingerprint density at radius 2 is 1.72 bits per heavy atom. The lowest BCUT2D eigenvalue weighted by Crippen LogP contribution is -2.50. The molecule has 1 aliphatic heterocycles. The second kappa shape index (κ2) is 8.45. The van der Waals surface area contributed by atoms with E-state index in [0.29, 0.717) is 28.2 Å². The first kappa shape index (κ1) is 20.8. The van der Waals surface area contributed by atoms with Gasteiger partial charge in [0.1, 0.15) is 6.10 Å². The Hall–Kier alpha value is -3.09. The molecule has 0 fully saturated rings. The number of ether oxygens (including phenoxy) is 2. The Morgan fingerprint density at radius 1 is 1.03 bits per heavy atom. The van der Waals surface area contributed by atoms with Crippen LogP contribution in [0.4, 0.5) is 5.13 Å². The second-order valence-corrected chi connectivity index (χ2v) is 9.14. The number of aromatic nitrogens is 1.